The molecule has 1 amide bonds. The molecule has 0 unspecified atom stereocenters. The maximum atomic E-state index is 13.0. The quantitative estimate of drug-likeness (QED) is 0.894. The van der Waals surface area contributed by atoms with Crippen molar-refractivity contribution in [1.29, 1.82) is 0 Å². The van der Waals surface area contributed by atoms with Crippen LogP contribution in [0.2, 0.25) is 0 Å². The number of benzene rings is 1. The smallest absolute Gasteiger partial charge is 0.303 e. The Labute approximate surface area is 153 Å². The van der Waals surface area contributed by atoms with E-state index in [2.05, 4.69) is 5.10 Å². The Hall–Kier alpha value is -2.63. The minimum atomic E-state index is -0.774. The van der Waals surface area contributed by atoms with E-state index >= 15 is 0 Å². The number of nitrogens with zero attached hydrogens (tertiary/aromatic N) is 3. The van der Waals surface area contributed by atoms with Gasteiger partial charge in [-0.05, 0) is 50.7 Å². The first-order valence-electron chi connectivity index (χ1n) is 9.09. The van der Waals surface area contributed by atoms with Crippen LogP contribution in [-0.4, -0.2) is 44.8 Å². The molecule has 0 radical (unpaired) electrons. The number of aliphatic carboxylic acids is 1. The predicted molar refractivity (Wildman–Crippen MR) is 98.5 cm³/mol. The number of hydrogen-bond acceptors (Lipinski definition) is 3. The number of aromatic nitrogens is 2. The largest absolute Gasteiger partial charge is 0.481 e. The Morgan fingerprint density at radius 3 is 2.77 bits per heavy atom. The lowest BCUT2D eigenvalue weighted by atomic mass is 9.93. The Morgan fingerprint density at radius 1 is 1.27 bits per heavy atom. The van der Waals surface area contributed by atoms with Crippen molar-refractivity contribution in [2.75, 3.05) is 13.1 Å². The lowest BCUT2D eigenvalue weighted by molar-refractivity contribution is -0.137. The number of carbonyl (C=O) groups excluding carboxylic acids is 1. The van der Waals surface area contributed by atoms with E-state index in [1.54, 1.807) is 6.20 Å². The van der Waals surface area contributed by atoms with Crippen molar-refractivity contribution in [3.8, 4) is 5.69 Å². The number of likely N-dealkylation sites (tertiary alicyclic amines) is 1. The molecule has 138 valence electrons. The van der Waals surface area contributed by atoms with Gasteiger partial charge >= 0.3 is 5.97 Å². The summed E-state index contributed by atoms with van der Waals surface area (Å²) in [6, 6.07) is 7.96. The molecule has 2 heterocycles. The molecule has 1 aromatic heterocycles. The Morgan fingerprint density at radius 2 is 2.04 bits per heavy atom. The fraction of sp³-hybridized carbons (Fsp3) is 0.450. The van der Waals surface area contributed by atoms with Crippen LogP contribution in [0.1, 0.15) is 47.3 Å². The summed E-state index contributed by atoms with van der Waals surface area (Å²) in [6.07, 6.45) is 4.34. The fourth-order valence-corrected chi connectivity index (χ4v) is 3.65. The topological polar surface area (TPSA) is 75.4 Å². The summed E-state index contributed by atoms with van der Waals surface area (Å²) in [5.74, 6) is -0.526. The van der Waals surface area contributed by atoms with E-state index in [0.29, 0.717) is 18.5 Å². The highest BCUT2D eigenvalue weighted by Gasteiger charge is 2.27. The number of rotatable bonds is 5. The molecule has 26 heavy (non-hydrogen) atoms. The van der Waals surface area contributed by atoms with Gasteiger partial charge in [-0.15, -0.1) is 0 Å². The number of amides is 1. The average Bonchev–Trinajstić information content (AvgIpc) is 3.01. The maximum Gasteiger partial charge on any atom is 0.303 e. The summed E-state index contributed by atoms with van der Waals surface area (Å²) in [5.41, 5.74) is 3.52. The van der Waals surface area contributed by atoms with Gasteiger partial charge in [-0.25, -0.2) is 4.68 Å². The second-order valence-electron chi connectivity index (χ2n) is 7.03. The van der Waals surface area contributed by atoms with Crippen LogP contribution in [-0.2, 0) is 4.79 Å². The van der Waals surface area contributed by atoms with Crippen molar-refractivity contribution in [1.82, 2.24) is 14.7 Å². The van der Waals surface area contributed by atoms with Crippen LogP contribution in [0.3, 0.4) is 0 Å². The maximum absolute atomic E-state index is 13.0. The van der Waals surface area contributed by atoms with Gasteiger partial charge < -0.3 is 10.0 Å². The Balaban J connectivity index is 1.76. The van der Waals surface area contributed by atoms with Crippen LogP contribution in [0.4, 0.5) is 0 Å². The normalized spacial score (nSPS) is 17.3. The van der Waals surface area contributed by atoms with Gasteiger partial charge in [-0.1, -0.05) is 18.2 Å². The zero-order valence-electron chi connectivity index (χ0n) is 15.3. The van der Waals surface area contributed by atoms with Crippen molar-refractivity contribution in [3.05, 3.63) is 47.3 Å². The highest BCUT2D eigenvalue weighted by atomic mass is 16.4. The van der Waals surface area contributed by atoms with Crippen LogP contribution in [0.5, 0.6) is 0 Å². The number of aryl methyl sites for hydroxylation is 1. The van der Waals surface area contributed by atoms with Crippen molar-refractivity contribution in [3.63, 3.8) is 0 Å². The second kappa shape index (κ2) is 7.72. The lowest BCUT2D eigenvalue weighted by Gasteiger charge is -2.32. The van der Waals surface area contributed by atoms with Crippen LogP contribution in [0, 0.1) is 19.8 Å². The number of carboxylic acid groups (broad SMARTS) is 1. The standard InChI is InChI=1S/C20H25N3O3/c1-14-6-3-4-8-18(14)23-15(2)17(12-21-23)20(26)22-11-5-7-16(13-22)9-10-19(24)25/h3-4,6,8,12,16H,5,7,9-11,13H2,1-2H3,(H,24,25)/t16-/m1/s1. The van der Waals surface area contributed by atoms with Crippen LogP contribution in [0.15, 0.2) is 30.5 Å². The van der Waals surface area contributed by atoms with Gasteiger partial charge in [-0.2, -0.15) is 5.10 Å². The number of carboxylic acids is 1. The highest BCUT2D eigenvalue weighted by Crippen LogP contribution is 2.24. The molecule has 2 aromatic rings. The van der Waals surface area contributed by atoms with Crippen LogP contribution in [0.25, 0.3) is 5.69 Å². The fourth-order valence-electron chi connectivity index (χ4n) is 3.65. The summed E-state index contributed by atoms with van der Waals surface area (Å²) < 4.78 is 1.81. The molecule has 3 rings (SSSR count). The van der Waals surface area contributed by atoms with Crippen molar-refractivity contribution in [2.24, 2.45) is 5.92 Å². The number of piperidine rings is 1. The van der Waals surface area contributed by atoms with Crippen molar-refractivity contribution in [2.45, 2.75) is 39.5 Å². The monoisotopic (exact) mass is 355 g/mol. The average molecular weight is 355 g/mol. The first-order valence-corrected chi connectivity index (χ1v) is 9.09. The first kappa shape index (κ1) is 18.2. The van der Waals surface area contributed by atoms with Gasteiger partial charge in [0.05, 0.1) is 23.1 Å². The van der Waals surface area contributed by atoms with E-state index in [1.807, 2.05) is 47.7 Å². The zero-order valence-corrected chi connectivity index (χ0v) is 15.3. The van der Waals surface area contributed by atoms with Crippen LogP contribution < -0.4 is 0 Å². The molecular formula is C20H25N3O3. The summed E-state index contributed by atoms with van der Waals surface area (Å²) in [4.78, 5) is 25.6. The van der Waals surface area contributed by atoms with Crippen molar-refractivity contribution >= 4 is 11.9 Å². The van der Waals surface area contributed by atoms with Gasteiger partial charge in [0.1, 0.15) is 0 Å². The van der Waals surface area contributed by atoms with E-state index in [1.165, 1.54) is 0 Å². The first-order chi connectivity index (χ1) is 12.5. The lowest BCUT2D eigenvalue weighted by Crippen LogP contribution is -2.40. The molecule has 0 bridgehead atoms. The summed E-state index contributed by atoms with van der Waals surface area (Å²) >= 11 is 0. The minimum absolute atomic E-state index is 0.0117. The van der Waals surface area contributed by atoms with E-state index < -0.39 is 5.97 Å². The van der Waals surface area contributed by atoms with Gasteiger partial charge in [0, 0.05) is 19.5 Å². The minimum Gasteiger partial charge on any atom is -0.481 e. The SMILES string of the molecule is Cc1ccccc1-n1ncc(C(=O)N2CCC[C@H](CCC(=O)O)C2)c1C. The third kappa shape index (κ3) is 3.79. The number of carbonyl (C=O) groups is 2. The molecule has 0 saturated carbocycles. The Bertz CT molecular complexity index is 812. The number of para-hydroxylation sites is 1. The molecular weight excluding hydrogens is 330 g/mol. The van der Waals surface area contributed by atoms with Crippen LogP contribution >= 0.6 is 0 Å². The molecule has 6 nitrogen and oxygen atoms in total. The molecule has 1 fully saturated rings. The van der Waals surface area contributed by atoms with E-state index in [0.717, 1.165) is 36.3 Å². The summed E-state index contributed by atoms with van der Waals surface area (Å²) in [6.45, 7) is 5.28. The molecule has 1 aliphatic rings. The Kier molecular flexibility index (Phi) is 5.40. The molecule has 6 heteroatoms. The highest BCUT2D eigenvalue weighted by molar-refractivity contribution is 5.95. The third-order valence-corrected chi connectivity index (χ3v) is 5.16. The van der Waals surface area contributed by atoms with Gasteiger partial charge in [0.2, 0.25) is 0 Å². The summed E-state index contributed by atoms with van der Waals surface area (Å²) in [7, 11) is 0. The molecule has 1 aromatic carbocycles. The van der Waals surface area contributed by atoms with E-state index in [-0.39, 0.29) is 18.2 Å². The molecule has 1 atom stereocenters. The number of hydrogen-bond donors (Lipinski definition) is 1. The molecule has 0 spiro atoms. The van der Waals surface area contributed by atoms with E-state index in [9.17, 15) is 9.59 Å². The summed E-state index contributed by atoms with van der Waals surface area (Å²) in [5, 5.41) is 13.3. The molecule has 1 N–H and O–H groups in total. The zero-order chi connectivity index (χ0) is 18.7. The molecule has 1 aliphatic heterocycles. The third-order valence-electron chi connectivity index (χ3n) is 5.16. The van der Waals surface area contributed by atoms with Gasteiger partial charge in [0.15, 0.2) is 0 Å². The second-order valence-corrected chi connectivity index (χ2v) is 7.03. The van der Waals surface area contributed by atoms with Gasteiger partial charge in [-0.3, -0.25) is 9.59 Å². The molecule has 1 saturated heterocycles. The van der Waals surface area contributed by atoms with Gasteiger partial charge in [0.25, 0.3) is 5.91 Å². The predicted octanol–water partition coefficient (Wildman–Crippen LogP) is 3.21. The van der Waals surface area contributed by atoms with E-state index in [4.69, 9.17) is 5.11 Å². The molecule has 0 aliphatic carbocycles. The van der Waals surface area contributed by atoms with Crippen molar-refractivity contribution < 1.29 is 14.7 Å².